The van der Waals surface area contributed by atoms with E-state index in [4.69, 9.17) is 5.11 Å². The Kier molecular flexibility index (Phi) is 3.73. The van der Waals surface area contributed by atoms with E-state index in [1.807, 2.05) is 7.05 Å². The molecule has 0 aliphatic carbocycles. The molecule has 3 nitrogen and oxygen atoms in total. The van der Waals surface area contributed by atoms with Crippen molar-refractivity contribution in [2.75, 3.05) is 13.6 Å². The van der Waals surface area contributed by atoms with Crippen LogP contribution in [0.15, 0.2) is 24.3 Å². The normalized spacial score (nSPS) is 12.8. The first-order valence-corrected chi connectivity index (χ1v) is 4.35. The minimum atomic E-state index is -0.500. The molecular formula is C10H15NO2. The summed E-state index contributed by atoms with van der Waals surface area (Å²) in [6.45, 7) is 0.761. The molecule has 3 heteroatoms. The quantitative estimate of drug-likeness (QED) is 0.650. The Labute approximate surface area is 78.0 Å². The van der Waals surface area contributed by atoms with E-state index in [0.717, 1.165) is 12.1 Å². The highest BCUT2D eigenvalue weighted by atomic mass is 16.3. The summed E-state index contributed by atoms with van der Waals surface area (Å²) in [5.74, 6) is 0.195. The second-order valence-corrected chi connectivity index (χ2v) is 3.00. The minimum Gasteiger partial charge on any atom is -0.508 e. The van der Waals surface area contributed by atoms with Gasteiger partial charge in [0, 0.05) is 0 Å². The summed E-state index contributed by atoms with van der Waals surface area (Å²) in [4.78, 5) is 0. The van der Waals surface area contributed by atoms with E-state index in [1.54, 1.807) is 24.3 Å². The lowest BCUT2D eigenvalue weighted by molar-refractivity contribution is 0.167. The van der Waals surface area contributed by atoms with Crippen LogP contribution in [0.5, 0.6) is 5.75 Å². The van der Waals surface area contributed by atoms with Gasteiger partial charge in [-0.2, -0.15) is 0 Å². The molecule has 1 aromatic carbocycles. The van der Waals surface area contributed by atoms with Crippen molar-refractivity contribution in [1.82, 2.24) is 5.32 Å². The van der Waals surface area contributed by atoms with Crippen LogP contribution in [0.2, 0.25) is 0 Å². The van der Waals surface area contributed by atoms with Crippen molar-refractivity contribution >= 4 is 0 Å². The average Bonchev–Trinajstić information content (AvgIpc) is 2.14. The first kappa shape index (κ1) is 10.0. The minimum absolute atomic E-state index is 0.195. The van der Waals surface area contributed by atoms with Gasteiger partial charge in [-0.3, -0.25) is 0 Å². The van der Waals surface area contributed by atoms with E-state index in [2.05, 4.69) is 5.32 Å². The largest absolute Gasteiger partial charge is 0.508 e. The third-order valence-electron chi connectivity index (χ3n) is 1.92. The van der Waals surface area contributed by atoms with Gasteiger partial charge < -0.3 is 15.5 Å². The van der Waals surface area contributed by atoms with E-state index >= 15 is 0 Å². The summed E-state index contributed by atoms with van der Waals surface area (Å²) >= 11 is 0. The monoisotopic (exact) mass is 181 g/mol. The van der Waals surface area contributed by atoms with Crippen LogP contribution in [-0.4, -0.2) is 23.8 Å². The van der Waals surface area contributed by atoms with Gasteiger partial charge in [-0.15, -0.1) is 0 Å². The highest BCUT2D eigenvalue weighted by Crippen LogP contribution is 2.19. The molecule has 0 fully saturated rings. The summed E-state index contributed by atoms with van der Waals surface area (Å²) in [6.07, 6.45) is 0.152. The van der Waals surface area contributed by atoms with E-state index in [1.165, 1.54) is 0 Å². The van der Waals surface area contributed by atoms with Crippen molar-refractivity contribution in [3.05, 3.63) is 29.8 Å². The lowest BCUT2D eigenvalue weighted by Crippen LogP contribution is -2.11. The fourth-order valence-electron chi connectivity index (χ4n) is 1.18. The molecule has 0 saturated heterocycles. The molecule has 0 heterocycles. The Balaban J connectivity index is 2.60. The van der Waals surface area contributed by atoms with Crippen molar-refractivity contribution in [1.29, 1.82) is 0 Å². The van der Waals surface area contributed by atoms with Crippen LogP contribution in [0.3, 0.4) is 0 Å². The van der Waals surface area contributed by atoms with Crippen LogP contribution in [0, 0.1) is 0 Å². The molecule has 0 aliphatic rings. The number of benzene rings is 1. The number of aliphatic hydroxyl groups is 1. The highest BCUT2D eigenvalue weighted by Gasteiger charge is 2.06. The van der Waals surface area contributed by atoms with E-state index in [9.17, 15) is 5.11 Å². The average molecular weight is 181 g/mol. The lowest BCUT2D eigenvalue weighted by Gasteiger charge is -2.10. The van der Waals surface area contributed by atoms with Crippen LogP contribution in [-0.2, 0) is 0 Å². The topological polar surface area (TPSA) is 52.5 Å². The highest BCUT2D eigenvalue weighted by molar-refractivity contribution is 5.28. The molecule has 0 unspecified atom stereocenters. The van der Waals surface area contributed by atoms with Gasteiger partial charge in [-0.1, -0.05) is 12.1 Å². The SMILES string of the molecule is CNCC[C@H](O)c1cccc(O)c1. The number of phenolic OH excluding ortho intramolecular Hbond substituents is 1. The van der Waals surface area contributed by atoms with Crippen LogP contribution in [0.1, 0.15) is 18.1 Å². The first-order valence-electron chi connectivity index (χ1n) is 4.35. The Morgan fingerprint density at radius 2 is 2.23 bits per heavy atom. The Hall–Kier alpha value is -1.06. The number of rotatable bonds is 4. The molecule has 0 spiro atoms. The molecule has 0 radical (unpaired) electrons. The van der Waals surface area contributed by atoms with Crippen LogP contribution in [0.25, 0.3) is 0 Å². The summed E-state index contributed by atoms with van der Waals surface area (Å²) in [6, 6.07) is 6.71. The number of phenols is 1. The molecule has 1 rings (SSSR count). The zero-order valence-corrected chi connectivity index (χ0v) is 7.70. The van der Waals surface area contributed by atoms with Crippen molar-refractivity contribution < 1.29 is 10.2 Å². The van der Waals surface area contributed by atoms with E-state index < -0.39 is 6.10 Å². The molecule has 0 amide bonds. The van der Waals surface area contributed by atoms with E-state index in [0.29, 0.717) is 6.42 Å². The third kappa shape index (κ3) is 3.05. The van der Waals surface area contributed by atoms with E-state index in [-0.39, 0.29) is 5.75 Å². The fraction of sp³-hybridized carbons (Fsp3) is 0.400. The number of nitrogens with one attached hydrogen (secondary N) is 1. The van der Waals surface area contributed by atoms with Gasteiger partial charge in [0.15, 0.2) is 0 Å². The van der Waals surface area contributed by atoms with Gasteiger partial charge in [-0.25, -0.2) is 0 Å². The Morgan fingerprint density at radius 1 is 1.46 bits per heavy atom. The van der Waals surface area contributed by atoms with Gasteiger partial charge in [0.1, 0.15) is 5.75 Å². The first-order chi connectivity index (χ1) is 6.24. The number of hydrogen-bond donors (Lipinski definition) is 3. The standard InChI is InChI=1S/C10H15NO2/c1-11-6-5-10(13)8-3-2-4-9(12)7-8/h2-4,7,10-13H,5-6H2,1H3/t10-/m0/s1. The third-order valence-corrected chi connectivity index (χ3v) is 1.92. The zero-order chi connectivity index (χ0) is 9.68. The smallest absolute Gasteiger partial charge is 0.115 e. The maximum Gasteiger partial charge on any atom is 0.115 e. The summed E-state index contributed by atoms with van der Waals surface area (Å²) in [5, 5.41) is 21.7. The summed E-state index contributed by atoms with van der Waals surface area (Å²) in [5.41, 5.74) is 0.759. The lowest BCUT2D eigenvalue weighted by atomic mass is 10.1. The Bertz CT molecular complexity index is 263. The molecule has 13 heavy (non-hydrogen) atoms. The van der Waals surface area contributed by atoms with Crippen molar-refractivity contribution in [2.24, 2.45) is 0 Å². The maximum atomic E-state index is 9.62. The van der Waals surface area contributed by atoms with Crippen molar-refractivity contribution in [2.45, 2.75) is 12.5 Å². The fourth-order valence-corrected chi connectivity index (χ4v) is 1.18. The predicted molar refractivity (Wildman–Crippen MR) is 51.6 cm³/mol. The predicted octanol–water partition coefficient (Wildman–Crippen LogP) is 1.04. The van der Waals surface area contributed by atoms with Gasteiger partial charge in [0.25, 0.3) is 0 Å². The van der Waals surface area contributed by atoms with Crippen molar-refractivity contribution in [3.8, 4) is 5.75 Å². The van der Waals surface area contributed by atoms with Gasteiger partial charge in [0.2, 0.25) is 0 Å². The number of hydrogen-bond acceptors (Lipinski definition) is 3. The molecule has 0 bridgehead atoms. The second-order valence-electron chi connectivity index (χ2n) is 3.00. The van der Waals surface area contributed by atoms with Gasteiger partial charge in [0.05, 0.1) is 6.10 Å². The van der Waals surface area contributed by atoms with Crippen LogP contribution >= 0.6 is 0 Å². The summed E-state index contributed by atoms with van der Waals surface area (Å²) in [7, 11) is 1.84. The molecule has 3 N–H and O–H groups in total. The Morgan fingerprint density at radius 3 is 2.85 bits per heavy atom. The zero-order valence-electron chi connectivity index (χ0n) is 7.70. The molecular weight excluding hydrogens is 166 g/mol. The number of aliphatic hydroxyl groups excluding tert-OH is 1. The molecule has 0 aliphatic heterocycles. The van der Waals surface area contributed by atoms with Gasteiger partial charge in [-0.05, 0) is 37.7 Å². The van der Waals surface area contributed by atoms with Crippen molar-refractivity contribution in [3.63, 3.8) is 0 Å². The molecule has 1 atom stereocenters. The maximum absolute atomic E-state index is 9.62. The summed E-state index contributed by atoms with van der Waals surface area (Å²) < 4.78 is 0. The molecule has 0 aromatic heterocycles. The number of aromatic hydroxyl groups is 1. The van der Waals surface area contributed by atoms with Crippen LogP contribution < -0.4 is 5.32 Å². The molecule has 0 saturated carbocycles. The second kappa shape index (κ2) is 4.84. The van der Waals surface area contributed by atoms with Gasteiger partial charge >= 0.3 is 0 Å². The molecule has 1 aromatic rings. The van der Waals surface area contributed by atoms with Crippen LogP contribution in [0.4, 0.5) is 0 Å². The molecule has 72 valence electrons.